The van der Waals surface area contributed by atoms with Crippen LogP contribution in [0.5, 0.6) is 0 Å². The minimum absolute atomic E-state index is 0.0106. The van der Waals surface area contributed by atoms with E-state index < -0.39 is 0 Å². The number of hydrogen-bond donors (Lipinski definition) is 1. The maximum Gasteiger partial charge on any atom is 0.243 e. The molecule has 0 aromatic heterocycles. The van der Waals surface area contributed by atoms with Gasteiger partial charge in [0, 0.05) is 52.9 Å². The molecule has 138 valence electrons. The Labute approximate surface area is 145 Å². The van der Waals surface area contributed by atoms with Crippen molar-refractivity contribution in [2.24, 2.45) is 10.9 Å². The van der Waals surface area contributed by atoms with Crippen molar-refractivity contribution in [2.45, 2.75) is 32.3 Å². The van der Waals surface area contributed by atoms with E-state index in [0.29, 0.717) is 5.92 Å². The molecule has 0 bridgehead atoms. The van der Waals surface area contributed by atoms with Crippen molar-refractivity contribution >= 4 is 11.9 Å². The summed E-state index contributed by atoms with van der Waals surface area (Å²) in [4.78, 5) is 20.2. The summed E-state index contributed by atoms with van der Waals surface area (Å²) in [7, 11) is 3.51. The first-order valence-corrected chi connectivity index (χ1v) is 9.03. The summed E-state index contributed by atoms with van der Waals surface area (Å²) in [6, 6.07) is 0. The minimum Gasteiger partial charge on any atom is -0.381 e. The third kappa shape index (κ3) is 5.94. The quantitative estimate of drug-likeness (QED) is 0.542. The topological polar surface area (TPSA) is 66.4 Å². The second kappa shape index (κ2) is 9.84. The number of aliphatic imine (C=N–C) groups is 1. The highest BCUT2D eigenvalue weighted by atomic mass is 16.5. The van der Waals surface area contributed by atoms with Gasteiger partial charge in [0.15, 0.2) is 5.96 Å². The summed E-state index contributed by atoms with van der Waals surface area (Å²) in [5.74, 6) is 1.36. The van der Waals surface area contributed by atoms with Crippen LogP contribution in [-0.4, -0.2) is 87.9 Å². The highest BCUT2D eigenvalue weighted by Crippen LogP contribution is 2.17. The number of guanidine groups is 1. The van der Waals surface area contributed by atoms with Gasteiger partial charge in [-0.2, -0.15) is 0 Å². The third-order valence-electron chi connectivity index (χ3n) is 4.52. The molecular formula is C17H32N4O3. The van der Waals surface area contributed by atoms with E-state index in [1.807, 2.05) is 6.92 Å². The van der Waals surface area contributed by atoms with E-state index in [9.17, 15) is 4.79 Å². The molecule has 0 aromatic carbocycles. The molecule has 0 radical (unpaired) electrons. The highest BCUT2D eigenvalue weighted by Gasteiger charge is 2.26. The SMILES string of the molecule is CCOCC1CCN(C(=NCC(=O)N(C)C)NCC2CCCO2)C1. The smallest absolute Gasteiger partial charge is 0.243 e. The second-order valence-electron chi connectivity index (χ2n) is 6.70. The zero-order chi connectivity index (χ0) is 17.4. The summed E-state index contributed by atoms with van der Waals surface area (Å²) >= 11 is 0. The van der Waals surface area contributed by atoms with E-state index >= 15 is 0 Å². The van der Waals surface area contributed by atoms with Gasteiger partial charge >= 0.3 is 0 Å². The number of nitrogens with zero attached hydrogens (tertiary/aromatic N) is 3. The van der Waals surface area contributed by atoms with Crippen LogP contribution in [-0.2, 0) is 14.3 Å². The number of amides is 1. The van der Waals surface area contributed by atoms with Crippen LogP contribution < -0.4 is 5.32 Å². The molecule has 2 unspecified atom stereocenters. The van der Waals surface area contributed by atoms with Gasteiger partial charge in [-0.05, 0) is 26.2 Å². The van der Waals surface area contributed by atoms with Gasteiger partial charge in [0.25, 0.3) is 0 Å². The molecule has 0 aromatic rings. The molecule has 0 saturated carbocycles. The number of nitrogens with one attached hydrogen (secondary N) is 1. The van der Waals surface area contributed by atoms with Gasteiger partial charge in [-0.1, -0.05) is 0 Å². The Morgan fingerprint density at radius 2 is 2.25 bits per heavy atom. The molecule has 2 heterocycles. The Balaban J connectivity index is 1.91. The molecule has 2 fully saturated rings. The molecule has 24 heavy (non-hydrogen) atoms. The maximum absolute atomic E-state index is 11.9. The van der Waals surface area contributed by atoms with Crippen LogP contribution in [0, 0.1) is 5.92 Å². The third-order valence-corrected chi connectivity index (χ3v) is 4.52. The average molecular weight is 340 g/mol. The van der Waals surface area contributed by atoms with E-state index in [0.717, 1.165) is 64.7 Å². The van der Waals surface area contributed by atoms with E-state index in [4.69, 9.17) is 9.47 Å². The highest BCUT2D eigenvalue weighted by molar-refractivity contribution is 5.85. The molecule has 2 aliphatic heterocycles. The molecule has 2 aliphatic rings. The van der Waals surface area contributed by atoms with Gasteiger partial charge in [-0.25, -0.2) is 4.99 Å². The molecule has 7 nitrogen and oxygen atoms in total. The molecule has 1 amide bonds. The zero-order valence-corrected chi connectivity index (χ0v) is 15.3. The van der Waals surface area contributed by atoms with Gasteiger partial charge in [-0.15, -0.1) is 0 Å². The Bertz CT molecular complexity index is 422. The molecule has 2 atom stereocenters. The Hall–Kier alpha value is -1.34. The lowest BCUT2D eigenvalue weighted by atomic mass is 10.1. The van der Waals surface area contributed by atoms with E-state index in [1.54, 1.807) is 19.0 Å². The Morgan fingerprint density at radius 1 is 1.42 bits per heavy atom. The van der Waals surface area contributed by atoms with Crippen LogP contribution in [0.4, 0.5) is 0 Å². The predicted molar refractivity (Wildman–Crippen MR) is 94.1 cm³/mol. The molecule has 2 saturated heterocycles. The normalized spacial score (nSPS) is 24.5. The molecule has 7 heteroatoms. The van der Waals surface area contributed by atoms with Gasteiger partial charge in [0.05, 0.1) is 12.7 Å². The van der Waals surface area contributed by atoms with Crippen LogP contribution >= 0.6 is 0 Å². The number of likely N-dealkylation sites (N-methyl/N-ethyl adjacent to an activating group) is 1. The van der Waals surface area contributed by atoms with Crippen LogP contribution in [0.2, 0.25) is 0 Å². The van der Waals surface area contributed by atoms with Crippen molar-refractivity contribution in [3.8, 4) is 0 Å². The van der Waals surface area contributed by atoms with Gasteiger partial charge in [-0.3, -0.25) is 4.79 Å². The lowest BCUT2D eigenvalue weighted by molar-refractivity contribution is -0.127. The number of carbonyl (C=O) groups is 1. The lowest BCUT2D eigenvalue weighted by Crippen LogP contribution is -2.44. The summed E-state index contributed by atoms with van der Waals surface area (Å²) in [5.41, 5.74) is 0. The number of likely N-dealkylation sites (tertiary alicyclic amines) is 1. The number of carbonyl (C=O) groups excluding carboxylic acids is 1. The maximum atomic E-state index is 11.9. The molecule has 2 rings (SSSR count). The monoisotopic (exact) mass is 340 g/mol. The van der Waals surface area contributed by atoms with Crippen LogP contribution in [0.25, 0.3) is 0 Å². The first kappa shape index (κ1) is 19.0. The average Bonchev–Trinajstić information content (AvgIpc) is 3.24. The summed E-state index contributed by atoms with van der Waals surface area (Å²) in [6.07, 6.45) is 3.56. The van der Waals surface area contributed by atoms with Crippen molar-refractivity contribution in [3.63, 3.8) is 0 Å². The fourth-order valence-corrected chi connectivity index (χ4v) is 3.01. The summed E-state index contributed by atoms with van der Waals surface area (Å²) < 4.78 is 11.2. The van der Waals surface area contributed by atoms with Crippen molar-refractivity contribution in [1.82, 2.24) is 15.1 Å². The minimum atomic E-state index is 0.0106. The van der Waals surface area contributed by atoms with Crippen LogP contribution in [0.1, 0.15) is 26.2 Å². The molecule has 0 spiro atoms. The first-order chi connectivity index (χ1) is 11.6. The van der Waals surface area contributed by atoms with E-state index in [-0.39, 0.29) is 18.6 Å². The molecule has 1 N–H and O–H groups in total. The van der Waals surface area contributed by atoms with Gasteiger partial charge < -0.3 is 24.6 Å². The number of rotatable bonds is 7. The van der Waals surface area contributed by atoms with Crippen molar-refractivity contribution in [2.75, 3.05) is 60.1 Å². The standard InChI is InChI=1S/C17H32N4O3/c1-4-23-13-14-7-8-21(12-14)17(19-11-16(22)20(2)3)18-10-15-6-5-9-24-15/h14-15H,4-13H2,1-3H3,(H,18,19). The largest absolute Gasteiger partial charge is 0.381 e. The summed E-state index contributed by atoms with van der Waals surface area (Å²) in [5, 5.41) is 3.41. The Kier molecular flexibility index (Phi) is 7.78. The number of ether oxygens (including phenoxy) is 2. The van der Waals surface area contributed by atoms with Gasteiger partial charge in [0.2, 0.25) is 5.91 Å². The molecular weight excluding hydrogens is 308 g/mol. The van der Waals surface area contributed by atoms with E-state index in [1.165, 1.54) is 0 Å². The fourth-order valence-electron chi connectivity index (χ4n) is 3.01. The Morgan fingerprint density at radius 3 is 2.92 bits per heavy atom. The van der Waals surface area contributed by atoms with E-state index in [2.05, 4.69) is 15.2 Å². The van der Waals surface area contributed by atoms with Crippen molar-refractivity contribution in [1.29, 1.82) is 0 Å². The summed E-state index contributed by atoms with van der Waals surface area (Å²) in [6.45, 7) is 7.22. The lowest BCUT2D eigenvalue weighted by Gasteiger charge is -2.23. The predicted octanol–water partition coefficient (Wildman–Crippen LogP) is 0.558. The zero-order valence-electron chi connectivity index (χ0n) is 15.3. The van der Waals surface area contributed by atoms with Crippen LogP contribution in [0.3, 0.4) is 0 Å². The molecule has 0 aliphatic carbocycles. The van der Waals surface area contributed by atoms with Gasteiger partial charge in [0.1, 0.15) is 6.54 Å². The van der Waals surface area contributed by atoms with Crippen LogP contribution in [0.15, 0.2) is 4.99 Å². The fraction of sp³-hybridized carbons (Fsp3) is 0.882. The first-order valence-electron chi connectivity index (χ1n) is 9.03. The van der Waals surface area contributed by atoms with Crippen molar-refractivity contribution in [3.05, 3.63) is 0 Å². The number of hydrogen-bond acceptors (Lipinski definition) is 4. The van der Waals surface area contributed by atoms with Crippen molar-refractivity contribution < 1.29 is 14.3 Å². The second-order valence-corrected chi connectivity index (χ2v) is 6.70.